The number of hydrogen-bond donors (Lipinski definition) is 0. The van der Waals surface area contributed by atoms with Crippen molar-refractivity contribution in [1.82, 2.24) is 0 Å². The van der Waals surface area contributed by atoms with E-state index in [1.54, 1.807) is 6.08 Å². The van der Waals surface area contributed by atoms with Gasteiger partial charge in [-0.3, -0.25) is 9.59 Å². The molecule has 1 saturated carbocycles. The van der Waals surface area contributed by atoms with E-state index in [1.807, 2.05) is 20.8 Å². The maximum absolute atomic E-state index is 11.7. The van der Waals surface area contributed by atoms with Crippen molar-refractivity contribution in [2.24, 2.45) is 11.3 Å². The summed E-state index contributed by atoms with van der Waals surface area (Å²) in [6, 6.07) is 0. The summed E-state index contributed by atoms with van der Waals surface area (Å²) in [5.74, 6) is 0.238. The lowest BCUT2D eigenvalue weighted by Crippen LogP contribution is -2.31. The van der Waals surface area contributed by atoms with Gasteiger partial charge < -0.3 is 0 Å². The highest BCUT2D eigenvalue weighted by molar-refractivity contribution is 6.22. The van der Waals surface area contributed by atoms with Crippen LogP contribution in [0, 0.1) is 18.3 Å². The Morgan fingerprint density at radius 2 is 1.80 bits per heavy atom. The first-order valence-corrected chi connectivity index (χ1v) is 5.41. The Morgan fingerprint density at radius 1 is 1.33 bits per heavy atom. The second kappa shape index (κ2) is 4.30. The number of ketones is 2. The van der Waals surface area contributed by atoms with Crippen molar-refractivity contribution in [2.75, 3.05) is 0 Å². The number of allylic oxidation sites excluding steroid dienone is 2. The van der Waals surface area contributed by atoms with Gasteiger partial charge in [-0.25, -0.2) is 0 Å². The van der Waals surface area contributed by atoms with Crippen LogP contribution in [0.15, 0.2) is 11.6 Å². The Morgan fingerprint density at radius 3 is 2.20 bits per heavy atom. The third kappa shape index (κ3) is 3.29. The molecule has 1 atom stereocenters. The molecular weight excluding hydrogens is 188 g/mol. The van der Waals surface area contributed by atoms with Crippen LogP contribution < -0.4 is 0 Å². The van der Waals surface area contributed by atoms with Gasteiger partial charge in [-0.15, -0.1) is 0 Å². The van der Waals surface area contributed by atoms with Crippen LogP contribution >= 0.6 is 0 Å². The first-order valence-electron chi connectivity index (χ1n) is 5.41. The van der Waals surface area contributed by atoms with Gasteiger partial charge in [0.25, 0.3) is 0 Å². The summed E-state index contributed by atoms with van der Waals surface area (Å²) in [4.78, 5) is 23.4. The van der Waals surface area contributed by atoms with E-state index < -0.39 is 0 Å². The lowest BCUT2D eigenvalue weighted by Gasteiger charge is -2.28. The van der Waals surface area contributed by atoms with Crippen LogP contribution in [0.1, 0.15) is 40.0 Å². The molecule has 2 nitrogen and oxygen atoms in total. The summed E-state index contributed by atoms with van der Waals surface area (Å²) in [6.07, 6.45) is 3.43. The van der Waals surface area contributed by atoms with Gasteiger partial charge in [-0.1, -0.05) is 33.8 Å². The van der Waals surface area contributed by atoms with E-state index in [4.69, 9.17) is 0 Å². The lowest BCUT2D eigenvalue weighted by molar-refractivity contribution is -0.127. The van der Waals surface area contributed by atoms with Gasteiger partial charge >= 0.3 is 0 Å². The molecule has 1 radical (unpaired) electrons. The van der Waals surface area contributed by atoms with Crippen LogP contribution in [-0.2, 0) is 9.59 Å². The van der Waals surface area contributed by atoms with Crippen molar-refractivity contribution >= 4 is 11.6 Å². The molecule has 0 aromatic rings. The first kappa shape index (κ1) is 12.2. The second-order valence-corrected chi connectivity index (χ2v) is 5.32. The second-order valence-electron chi connectivity index (χ2n) is 5.32. The Hall–Kier alpha value is -0.920. The van der Waals surface area contributed by atoms with E-state index in [1.165, 1.54) is 0 Å². The van der Waals surface area contributed by atoms with Crippen LogP contribution in [0.5, 0.6) is 0 Å². The topological polar surface area (TPSA) is 34.1 Å². The van der Waals surface area contributed by atoms with Crippen LogP contribution in [0.25, 0.3) is 0 Å². The monoisotopic (exact) mass is 207 g/mol. The molecule has 0 saturated heterocycles. The quantitative estimate of drug-likeness (QED) is 0.515. The molecule has 0 aromatic heterocycles. The predicted octanol–water partition coefficient (Wildman–Crippen LogP) is 2.73. The molecule has 83 valence electrons. The minimum absolute atomic E-state index is 0.00287. The van der Waals surface area contributed by atoms with Crippen molar-refractivity contribution in [1.29, 1.82) is 0 Å². The number of hydrogen-bond acceptors (Lipinski definition) is 2. The molecule has 15 heavy (non-hydrogen) atoms. The summed E-state index contributed by atoms with van der Waals surface area (Å²) in [7, 11) is 0. The summed E-state index contributed by atoms with van der Waals surface area (Å²) in [6.45, 7) is 9.73. The smallest absolute Gasteiger partial charge is 0.166 e. The molecule has 0 heterocycles. The molecule has 0 amide bonds. The van der Waals surface area contributed by atoms with Crippen molar-refractivity contribution in [3.05, 3.63) is 18.6 Å². The molecule has 0 aromatic carbocycles. The third-order valence-corrected chi connectivity index (χ3v) is 2.60. The van der Waals surface area contributed by atoms with Gasteiger partial charge in [0.15, 0.2) is 11.6 Å². The van der Waals surface area contributed by atoms with Gasteiger partial charge in [-0.05, 0) is 17.8 Å². The molecule has 0 aliphatic heterocycles. The van der Waals surface area contributed by atoms with Crippen molar-refractivity contribution in [3.8, 4) is 0 Å². The molecule has 1 rings (SSSR count). The molecule has 0 N–H and O–H groups in total. The van der Waals surface area contributed by atoms with Gasteiger partial charge in [-0.2, -0.15) is 0 Å². The van der Waals surface area contributed by atoms with Crippen molar-refractivity contribution < 1.29 is 9.59 Å². The predicted molar refractivity (Wildman–Crippen MR) is 60.3 cm³/mol. The van der Waals surface area contributed by atoms with Gasteiger partial charge in [0.1, 0.15) is 0 Å². The standard InChI is InChI=1S/C13H19O2/c1-9(2)5-6-10-11(14)7-13(3,4)8-12(10)15/h6,9H,1,5,7-8H2,2-4H3. The van der Waals surface area contributed by atoms with E-state index in [2.05, 4.69) is 6.92 Å². The minimum atomic E-state index is -0.165. The molecule has 1 unspecified atom stereocenters. The molecule has 2 heteroatoms. The fraction of sp³-hybridized carbons (Fsp3) is 0.615. The zero-order chi connectivity index (χ0) is 11.6. The number of carbonyl (C=O) groups excluding carboxylic acids is 2. The maximum atomic E-state index is 11.7. The Balaban J connectivity index is 2.80. The average molecular weight is 207 g/mol. The Bertz CT molecular complexity index is 286. The summed E-state index contributed by atoms with van der Waals surface area (Å²) >= 11 is 0. The van der Waals surface area contributed by atoms with Gasteiger partial charge in [0.05, 0.1) is 5.57 Å². The van der Waals surface area contributed by atoms with E-state index in [0.717, 1.165) is 0 Å². The fourth-order valence-electron chi connectivity index (χ4n) is 1.82. The normalized spacial score (nSPS) is 21.0. The first-order chi connectivity index (χ1) is 6.82. The van der Waals surface area contributed by atoms with Crippen molar-refractivity contribution in [3.63, 3.8) is 0 Å². The summed E-state index contributed by atoms with van der Waals surface area (Å²) in [5.41, 5.74) is 0.242. The van der Waals surface area contributed by atoms with E-state index in [-0.39, 0.29) is 22.9 Å². The minimum Gasteiger partial charge on any atom is -0.294 e. The number of rotatable bonds is 2. The fourth-order valence-corrected chi connectivity index (χ4v) is 1.82. The molecule has 1 aliphatic carbocycles. The number of Topliss-reactive ketones (excluding diaryl/α,β-unsaturated/α-hetero) is 2. The molecule has 0 spiro atoms. The average Bonchev–Trinajstić information content (AvgIpc) is 1.98. The summed E-state index contributed by atoms with van der Waals surface area (Å²) in [5, 5.41) is 0. The molecule has 1 fully saturated rings. The van der Waals surface area contributed by atoms with Crippen LogP contribution in [0.4, 0.5) is 0 Å². The van der Waals surface area contributed by atoms with Crippen molar-refractivity contribution in [2.45, 2.75) is 40.0 Å². The number of carbonyl (C=O) groups is 2. The SMILES string of the molecule is [CH2]C(C)CC=C1C(=O)CC(C)(C)CC1=O. The third-order valence-electron chi connectivity index (χ3n) is 2.60. The van der Waals surface area contributed by atoms with E-state index >= 15 is 0 Å². The van der Waals surface area contributed by atoms with Crippen LogP contribution in [0.2, 0.25) is 0 Å². The van der Waals surface area contributed by atoms with Crippen LogP contribution in [0.3, 0.4) is 0 Å². The summed E-state index contributed by atoms with van der Waals surface area (Å²) < 4.78 is 0. The van der Waals surface area contributed by atoms with E-state index in [9.17, 15) is 9.59 Å². The zero-order valence-electron chi connectivity index (χ0n) is 9.80. The zero-order valence-corrected chi connectivity index (χ0v) is 9.80. The highest BCUT2D eigenvalue weighted by Gasteiger charge is 2.35. The van der Waals surface area contributed by atoms with E-state index in [0.29, 0.717) is 24.8 Å². The lowest BCUT2D eigenvalue weighted by atomic mass is 9.74. The molecule has 1 aliphatic rings. The highest BCUT2D eigenvalue weighted by Crippen LogP contribution is 2.33. The Kier molecular flexibility index (Phi) is 3.48. The largest absolute Gasteiger partial charge is 0.294 e. The Labute approximate surface area is 91.7 Å². The highest BCUT2D eigenvalue weighted by atomic mass is 16.1. The molecular formula is C13H19O2. The molecule has 0 bridgehead atoms. The van der Waals surface area contributed by atoms with Gasteiger partial charge in [0.2, 0.25) is 0 Å². The van der Waals surface area contributed by atoms with Crippen LogP contribution in [-0.4, -0.2) is 11.6 Å². The van der Waals surface area contributed by atoms with Gasteiger partial charge in [0, 0.05) is 12.8 Å². The maximum Gasteiger partial charge on any atom is 0.166 e.